The van der Waals surface area contributed by atoms with Crippen molar-refractivity contribution >= 4 is 34.9 Å². The lowest BCUT2D eigenvalue weighted by atomic mass is 10.2. The van der Waals surface area contributed by atoms with Crippen molar-refractivity contribution in [1.29, 1.82) is 0 Å². The summed E-state index contributed by atoms with van der Waals surface area (Å²) in [6.45, 7) is 0.250. The molecule has 0 aliphatic carbocycles. The fourth-order valence-corrected chi connectivity index (χ4v) is 3.24. The monoisotopic (exact) mass is 370 g/mol. The smallest absolute Gasteiger partial charge is 0.293 e. The fraction of sp³-hybridized carbons (Fsp3) is 0.105. The van der Waals surface area contributed by atoms with Gasteiger partial charge in [0.05, 0.1) is 4.91 Å². The maximum atomic E-state index is 12.9. The molecule has 0 saturated carbocycles. The first-order chi connectivity index (χ1) is 12.5. The van der Waals surface area contributed by atoms with Gasteiger partial charge < -0.3 is 5.32 Å². The third-order valence-electron chi connectivity index (χ3n) is 3.70. The molecular weight excluding hydrogens is 355 g/mol. The molecule has 26 heavy (non-hydrogen) atoms. The van der Waals surface area contributed by atoms with E-state index >= 15 is 0 Å². The molecule has 2 aromatic rings. The first-order valence-electron chi connectivity index (χ1n) is 7.89. The number of hydrogen-bond acceptors (Lipinski definition) is 4. The third-order valence-corrected chi connectivity index (χ3v) is 4.61. The first kappa shape index (κ1) is 17.9. The van der Waals surface area contributed by atoms with Crippen molar-refractivity contribution in [1.82, 2.24) is 10.2 Å². The van der Waals surface area contributed by atoms with Crippen LogP contribution in [0.25, 0.3) is 6.08 Å². The second kappa shape index (κ2) is 7.97. The van der Waals surface area contributed by atoms with E-state index in [1.807, 2.05) is 6.07 Å². The molecule has 2 aromatic carbocycles. The predicted octanol–water partition coefficient (Wildman–Crippen LogP) is 3.29. The Hall–Kier alpha value is -2.93. The van der Waals surface area contributed by atoms with Gasteiger partial charge in [0.25, 0.3) is 17.1 Å². The van der Waals surface area contributed by atoms with Crippen molar-refractivity contribution in [3.63, 3.8) is 0 Å². The van der Waals surface area contributed by atoms with Gasteiger partial charge in [-0.3, -0.25) is 19.3 Å². The van der Waals surface area contributed by atoms with Crippen molar-refractivity contribution in [3.05, 3.63) is 76.4 Å². The minimum atomic E-state index is -0.418. The molecule has 0 atom stereocenters. The van der Waals surface area contributed by atoms with Gasteiger partial charge in [-0.2, -0.15) is 0 Å². The minimum absolute atomic E-state index is 0.0873. The molecule has 0 spiro atoms. The Bertz CT molecular complexity index is 866. The second-order valence-electron chi connectivity index (χ2n) is 5.51. The lowest BCUT2D eigenvalue weighted by Crippen LogP contribution is -2.37. The van der Waals surface area contributed by atoms with E-state index < -0.39 is 11.1 Å². The normalized spacial score (nSPS) is 15.6. The maximum absolute atomic E-state index is 12.9. The average molecular weight is 370 g/mol. The summed E-state index contributed by atoms with van der Waals surface area (Å²) in [7, 11) is 0. The highest BCUT2D eigenvalue weighted by Gasteiger charge is 2.34. The molecule has 1 aliphatic rings. The van der Waals surface area contributed by atoms with Crippen molar-refractivity contribution in [2.45, 2.75) is 0 Å². The summed E-state index contributed by atoms with van der Waals surface area (Å²) in [6, 6.07) is 14.3. The topological polar surface area (TPSA) is 66.5 Å². The zero-order valence-corrected chi connectivity index (χ0v) is 14.5. The summed E-state index contributed by atoms with van der Waals surface area (Å²) in [6.07, 6.45) is 1.55. The van der Waals surface area contributed by atoms with E-state index in [0.717, 1.165) is 16.7 Å². The van der Waals surface area contributed by atoms with Crippen molar-refractivity contribution in [3.8, 4) is 0 Å². The molecule has 3 rings (SSSR count). The summed E-state index contributed by atoms with van der Waals surface area (Å²) >= 11 is 0.828. The van der Waals surface area contributed by atoms with E-state index in [9.17, 15) is 18.8 Å². The van der Waals surface area contributed by atoms with Crippen LogP contribution >= 0.6 is 11.8 Å². The van der Waals surface area contributed by atoms with Gasteiger partial charge in [-0.15, -0.1) is 0 Å². The Balaban J connectivity index is 1.59. The van der Waals surface area contributed by atoms with Crippen LogP contribution in [0.5, 0.6) is 0 Å². The molecule has 1 N–H and O–H groups in total. The number of carbonyl (C=O) groups excluding carboxylic acids is 3. The summed E-state index contributed by atoms with van der Waals surface area (Å²) in [4.78, 5) is 37.7. The molecule has 0 aromatic heterocycles. The quantitative estimate of drug-likeness (QED) is 0.820. The number of carbonyl (C=O) groups is 3. The zero-order valence-electron chi connectivity index (χ0n) is 13.6. The highest BCUT2D eigenvalue weighted by molar-refractivity contribution is 8.18. The standard InChI is InChI=1S/C19H15FN2O3S/c20-15-8-6-13(7-9-15)12-16-18(24)22(19(25)26-16)11-10-21-17(23)14-4-2-1-3-5-14/h1-9,12H,10-11H2,(H,21,23)/b16-12-. The van der Waals surface area contributed by atoms with Crippen LogP contribution in [0.15, 0.2) is 59.5 Å². The van der Waals surface area contributed by atoms with Crippen LogP contribution < -0.4 is 5.32 Å². The van der Waals surface area contributed by atoms with Gasteiger partial charge in [-0.25, -0.2) is 4.39 Å². The third kappa shape index (κ3) is 4.18. The van der Waals surface area contributed by atoms with Gasteiger partial charge in [-0.1, -0.05) is 30.3 Å². The van der Waals surface area contributed by atoms with Gasteiger partial charge in [0.2, 0.25) is 0 Å². The molecule has 7 heteroatoms. The summed E-state index contributed by atoms with van der Waals surface area (Å²) in [5.74, 6) is -1.05. The minimum Gasteiger partial charge on any atom is -0.350 e. The number of imide groups is 1. The molecule has 1 heterocycles. The van der Waals surface area contributed by atoms with Gasteiger partial charge in [-0.05, 0) is 47.7 Å². The largest absolute Gasteiger partial charge is 0.350 e. The van der Waals surface area contributed by atoms with Crippen LogP contribution in [0.2, 0.25) is 0 Å². The Morgan fingerprint density at radius 1 is 1.08 bits per heavy atom. The second-order valence-corrected chi connectivity index (χ2v) is 6.50. The Morgan fingerprint density at radius 2 is 1.77 bits per heavy atom. The van der Waals surface area contributed by atoms with Crippen LogP contribution in [-0.2, 0) is 4.79 Å². The van der Waals surface area contributed by atoms with E-state index in [2.05, 4.69) is 5.32 Å². The Morgan fingerprint density at radius 3 is 2.46 bits per heavy atom. The summed E-state index contributed by atoms with van der Waals surface area (Å²) in [5, 5.41) is 2.29. The number of benzene rings is 2. The van der Waals surface area contributed by atoms with E-state index in [0.29, 0.717) is 11.1 Å². The van der Waals surface area contributed by atoms with Crippen LogP contribution in [0.1, 0.15) is 15.9 Å². The molecule has 0 bridgehead atoms. The fourth-order valence-electron chi connectivity index (χ4n) is 2.38. The first-order valence-corrected chi connectivity index (χ1v) is 8.70. The number of halogens is 1. The zero-order chi connectivity index (χ0) is 18.5. The predicted molar refractivity (Wildman–Crippen MR) is 97.9 cm³/mol. The van der Waals surface area contributed by atoms with Gasteiger partial charge in [0, 0.05) is 18.7 Å². The SMILES string of the molecule is O=C(NCCN1C(=O)S/C(=C\c2ccc(F)cc2)C1=O)c1ccccc1. The molecule has 5 nitrogen and oxygen atoms in total. The maximum Gasteiger partial charge on any atom is 0.293 e. The Kier molecular flexibility index (Phi) is 5.48. The Labute approximate surface area is 153 Å². The van der Waals surface area contributed by atoms with Crippen molar-refractivity contribution < 1.29 is 18.8 Å². The van der Waals surface area contributed by atoms with Gasteiger partial charge in [0.1, 0.15) is 5.82 Å². The van der Waals surface area contributed by atoms with E-state index in [4.69, 9.17) is 0 Å². The molecule has 0 unspecified atom stereocenters. The number of rotatable bonds is 5. The number of amides is 3. The molecule has 3 amide bonds. The number of nitrogens with zero attached hydrogens (tertiary/aromatic N) is 1. The van der Waals surface area contributed by atoms with Crippen LogP contribution in [0.4, 0.5) is 9.18 Å². The van der Waals surface area contributed by atoms with Crippen molar-refractivity contribution in [2.75, 3.05) is 13.1 Å². The average Bonchev–Trinajstić information content (AvgIpc) is 2.91. The van der Waals surface area contributed by atoms with Gasteiger partial charge >= 0.3 is 0 Å². The summed E-state index contributed by atoms with van der Waals surface area (Å²) in [5.41, 5.74) is 1.15. The molecule has 1 aliphatic heterocycles. The molecular formula is C19H15FN2O3S. The van der Waals surface area contributed by atoms with Crippen LogP contribution in [-0.4, -0.2) is 35.0 Å². The molecule has 0 radical (unpaired) electrons. The lowest BCUT2D eigenvalue weighted by molar-refractivity contribution is -0.122. The van der Waals surface area contributed by atoms with E-state index in [-0.39, 0.29) is 29.7 Å². The lowest BCUT2D eigenvalue weighted by Gasteiger charge is -2.13. The number of nitrogens with one attached hydrogen (secondary N) is 1. The molecule has 132 valence electrons. The molecule has 1 saturated heterocycles. The van der Waals surface area contributed by atoms with Crippen molar-refractivity contribution in [2.24, 2.45) is 0 Å². The van der Waals surface area contributed by atoms with Gasteiger partial charge in [0.15, 0.2) is 0 Å². The highest BCUT2D eigenvalue weighted by atomic mass is 32.2. The molecule has 1 fully saturated rings. The summed E-state index contributed by atoms with van der Waals surface area (Å²) < 4.78 is 12.9. The van der Waals surface area contributed by atoms with Crippen LogP contribution in [0, 0.1) is 5.82 Å². The van der Waals surface area contributed by atoms with Crippen LogP contribution in [0.3, 0.4) is 0 Å². The highest BCUT2D eigenvalue weighted by Crippen LogP contribution is 2.31. The number of hydrogen-bond donors (Lipinski definition) is 1. The number of thioether (sulfide) groups is 1. The van der Waals surface area contributed by atoms with E-state index in [1.54, 1.807) is 30.3 Å². The van der Waals surface area contributed by atoms with E-state index in [1.165, 1.54) is 24.3 Å².